The average Bonchev–Trinajstić information content (AvgIpc) is 3.24. The Kier molecular flexibility index (Phi) is 5.33. The van der Waals surface area contributed by atoms with Gasteiger partial charge in [-0.1, -0.05) is 6.07 Å². The molecule has 1 saturated heterocycles. The second-order valence-corrected chi connectivity index (χ2v) is 6.25. The molecule has 0 aliphatic carbocycles. The number of ether oxygens (including phenoxy) is 1. The maximum Gasteiger partial charge on any atom is 0.307 e. The number of aromatic nitrogens is 2. The number of esters is 1. The van der Waals surface area contributed by atoms with Crippen molar-refractivity contribution in [1.29, 1.82) is 0 Å². The molecule has 0 bridgehead atoms. The van der Waals surface area contributed by atoms with Gasteiger partial charge in [0.1, 0.15) is 0 Å². The Morgan fingerprint density at radius 3 is 2.88 bits per heavy atom. The van der Waals surface area contributed by atoms with Crippen LogP contribution in [0.2, 0.25) is 0 Å². The van der Waals surface area contributed by atoms with Crippen molar-refractivity contribution < 1.29 is 9.53 Å². The number of hydrogen-bond acceptors (Lipinski definition) is 4. The van der Waals surface area contributed by atoms with Gasteiger partial charge in [-0.2, -0.15) is 0 Å². The van der Waals surface area contributed by atoms with Crippen LogP contribution in [0.3, 0.4) is 0 Å². The van der Waals surface area contributed by atoms with Crippen LogP contribution < -0.4 is 5.32 Å². The quantitative estimate of drug-likeness (QED) is 0.632. The van der Waals surface area contributed by atoms with E-state index in [9.17, 15) is 4.79 Å². The molecule has 25 heavy (non-hydrogen) atoms. The minimum Gasteiger partial charge on any atom is -0.469 e. The maximum atomic E-state index is 11.6. The maximum absolute atomic E-state index is 11.6. The van der Waals surface area contributed by atoms with E-state index in [-0.39, 0.29) is 24.5 Å². The lowest BCUT2D eigenvalue weighted by Gasteiger charge is -2.28. The Balaban J connectivity index is 1.96. The van der Waals surface area contributed by atoms with Crippen LogP contribution in [0.1, 0.15) is 36.8 Å². The third-order valence-electron chi connectivity index (χ3n) is 4.49. The molecule has 1 fully saturated rings. The summed E-state index contributed by atoms with van der Waals surface area (Å²) >= 11 is 5.56. The van der Waals surface area contributed by atoms with Crippen molar-refractivity contribution in [3.8, 4) is 0 Å². The summed E-state index contributed by atoms with van der Waals surface area (Å²) in [5.41, 5.74) is 2.08. The molecule has 3 rings (SSSR count). The first-order valence-electron chi connectivity index (χ1n) is 8.35. The molecule has 2 aromatic heterocycles. The van der Waals surface area contributed by atoms with Crippen molar-refractivity contribution in [2.45, 2.75) is 32.0 Å². The third kappa shape index (κ3) is 3.51. The molecule has 1 N–H and O–H groups in total. The fraction of sp³-hybridized carbons (Fsp3) is 0.389. The molecule has 1 aliphatic rings. The molecular formula is C18H22N4O2S. The Morgan fingerprint density at radius 2 is 2.20 bits per heavy atom. The molecular weight excluding hydrogens is 336 g/mol. The number of nitrogens with zero attached hydrogens (tertiary/aromatic N) is 3. The van der Waals surface area contributed by atoms with E-state index in [0.29, 0.717) is 11.7 Å². The van der Waals surface area contributed by atoms with Crippen LogP contribution in [0.25, 0.3) is 0 Å². The van der Waals surface area contributed by atoms with Crippen molar-refractivity contribution in [2.75, 3.05) is 13.7 Å². The number of aryl methyl sites for hydroxylation is 1. The van der Waals surface area contributed by atoms with E-state index < -0.39 is 0 Å². The van der Waals surface area contributed by atoms with E-state index in [0.717, 1.165) is 17.9 Å². The number of hydrogen-bond donors (Lipinski definition) is 1. The van der Waals surface area contributed by atoms with Gasteiger partial charge in [-0.25, -0.2) is 0 Å². The SMILES string of the molecule is CCn1cccc1[C@H]1[C@H](c2ccccn2)NC(=S)N1CCC(=O)OC. The van der Waals surface area contributed by atoms with Gasteiger partial charge in [-0.15, -0.1) is 0 Å². The number of nitrogens with one attached hydrogen (secondary N) is 1. The highest BCUT2D eigenvalue weighted by Crippen LogP contribution is 2.38. The van der Waals surface area contributed by atoms with Crippen LogP contribution in [-0.2, 0) is 16.1 Å². The molecule has 1 aliphatic heterocycles. The average molecular weight is 358 g/mol. The van der Waals surface area contributed by atoms with Gasteiger partial charge < -0.3 is 19.5 Å². The predicted molar refractivity (Wildman–Crippen MR) is 98.9 cm³/mol. The van der Waals surface area contributed by atoms with Crippen LogP contribution in [0.15, 0.2) is 42.7 Å². The molecule has 7 heteroatoms. The molecule has 132 valence electrons. The van der Waals surface area contributed by atoms with Gasteiger partial charge in [-0.3, -0.25) is 9.78 Å². The second-order valence-electron chi connectivity index (χ2n) is 5.87. The van der Waals surface area contributed by atoms with Crippen molar-refractivity contribution in [1.82, 2.24) is 19.8 Å². The molecule has 0 spiro atoms. The van der Waals surface area contributed by atoms with Crippen LogP contribution in [0.4, 0.5) is 0 Å². The van der Waals surface area contributed by atoms with E-state index in [4.69, 9.17) is 17.0 Å². The van der Waals surface area contributed by atoms with E-state index in [2.05, 4.69) is 39.0 Å². The van der Waals surface area contributed by atoms with Crippen LogP contribution in [-0.4, -0.2) is 39.2 Å². The van der Waals surface area contributed by atoms with Gasteiger partial charge in [0.15, 0.2) is 5.11 Å². The van der Waals surface area contributed by atoms with Crippen molar-refractivity contribution in [3.05, 3.63) is 54.1 Å². The van der Waals surface area contributed by atoms with Gasteiger partial charge in [0.2, 0.25) is 0 Å². The van der Waals surface area contributed by atoms with E-state index in [1.807, 2.05) is 24.3 Å². The fourth-order valence-corrected chi connectivity index (χ4v) is 3.60. The predicted octanol–water partition coefficient (Wildman–Crippen LogP) is 2.44. The van der Waals surface area contributed by atoms with Crippen molar-refractivity contribution in [2.24, 2.45) is 0 Å². The summed E-state index contributed by atoms with van der Waals surface area (Å²) < 4.78 is 6.98. The summed E-state index contributed by atoms with van der Waals surface area (Å²) in [6, 6.07) is 9.92. The number of pyridine rings is 1. The van der Waals surface area contributed by atoms with E-state index in [1.54, 1.807) is 6.20 Å². The smallest absolute Gasteiger partial charge is 0.307 e. The molecule has 0 radical (unpaired) electrons. The zero-order chi connectivity index (χ0) is 17.8. The zero-order valence-corrected chi connectivity index (χ0v) is 15.2. The van der Waals surface area contributed by atoms with Gasteiger partial charge >= 0.3 is 5.97 Å². The normalized spacial score (nSPS) is 19.8. The summed E-state index contributed by atoms with van der Waals surface area (Å²) in [6.45, 7) is 3.48. The van der Waals surface area contributed by atoms with Gasteiger partial charge in [0, 0.05) is 31.2 Å². The fourth-order valence-electron chi connectivity index (χ4n) is 3.27. The number of rotatable bonds is 6. The molecule has 0 amide bonds. The van der Waals surface area contributed by atoms with E-state index in [1.165, 1.54) is 7.11 Å². The number of carbonyl (C=O) groups is 1. The first kappa shape index (κ1) is 17.4. The molecule has 2 atom stereocenters. The third-order valence-corrected chi connectivity index (χ3v) is 4.84. The standard InChI is InChI=1S/C18H22N4O2S/c1-3-21-11-6-8-14(21)17-16(13-7-4-5-10-19-13)20-18(25)22(17)12-9-15(23)24-2/h4-8,10-11,16-17H,3,9,12H2,1-2H3,(H,20,25)/t16-,17-/m0/s1. The molecule has 2 aromatic rings. The molecule has 0 unspecified atom stereocenters. The summed E-state index contributed by atoms with van der Waals surface area (Å²) in [5.74, 6) is -0.242. The molecule has 3 heterocycles. The lowest BCUT2D eigenvalue weighted by molar-refractivity contribution is -0.140. The minimum atomic E-state index is -0.242. The highest BCUT2D eigenvalue weighted by molar-refractivity contribution is 7.80. The highest BCUT2D eigenvalue weighted by Gasteiger charge is 2.40. The Morgan fingerprint density at radius 1 is 1.36 bits per heavy atom. The van der Waals surface area contributed by atoms with Crippen molar-refractivity contribution in [3.63, 3.8) is 0 Å². The van der Waals surface area contributed by atoms with Crippen LogP contribution in [0.5, 0.6) is 0 Å². The van der Waals surface area contributed by atoms with Crippen LogP contribution >= 0.6 is 12.2 Å². The summed E-state index contributed by atoms with van der Waals surface area (Å²) in [4.78, 5) is 18.2. The lowest BCUT2D eigenvalue weighted by Crippen LogP contribution is -2.32. The number of methoxy groups -OCH3 is 1. The summed E-state index contributed by atoms with van der Waals surface area (Å²) in [6.07, 6.45) is 4.13. The first-order valence-corrected chi connectivity index (χ1v) is 8.76. The largest absolute Gasteiger partial charge is 0.469 e. The topological polar surface area (TPSA) is 59.4 Å². The Bertz CT molecular complexity index is 747. The van der Waals surface area contributed by atoms with Gasteiger partial charge in [0.25, 0.3) is 0 Å². The lowest BCUT2D eigenvalue weighted by atomic mass is 10.0. The first-order chi connectivity index (χ1) is 12.2. The van der Waals surface area contributed by atoms with Crippen molar-refractivity contribution >= 4 is 23.3 Å². The van der Waals surface area contributed by atoms with Gasteiger partial charge in [0.05, 0.1) is 31.3 Å². The molecule has 6 nitrogen and oxygen atoms in total. The highest BCUT2D eigenvalue weighted by atomic mass is 32.1. The van der Waals surface area contributed by atoms with Gasteiger partial charge in [-0.05, 0) is 43.4 Å². The minimum absolute atomic E-state index is 0.0259. The summed E-state index contributed by atoms with van der Waals surface area (Å²) in [7, 11) is 1.40. The number of thiocarbonyl (C=S) groups is 1. The molecule has 0 saturated carbocycles. The monoisotopic (exact) mass is 358 g/mol. The van der Waals surface area contributed by atoms with E-state index >= 15 is 0 Å². The zero-order valence-electron chi connectivity index (χ0n) is 14.4. The second kappa shape index (κ2) is 7.65. The Labute approximate surface area is 152 Å². The summed E-state index contributed by atoms with van der Waals surface area (Å²) in [5, 5.41) is 4.01. The van der Waals surface area contributed by atoms with Crippen LogP contribution in [0, 0.1) is 0 Å². The Hall–Kier alpha value is -2.41. The number of carbonyl (C=O) groups excluding carboxylic acids is 1. The molecule has 0 aromatic carbocycles.